The highest BCUT2D eigenvalue weighted by Gasteiger charge is 2.18. The Morgan fingerprint density at radius 2 is 2.50 bits per heavy atom. The lowest BCUT2D eigenvalue weighted by atomic mass is 10.2. The third-order valence-electron chi connectivity index (χ3n) is 1.87. The largest absolute Gasteiger partial charge is 0.347 e. The molecule has 74 valence electrons. The van der Waals surface area contributed by atoms with Crippen molar-refractivity contribution in [2.24, 2.45) is 5.84 Å². The molecule has 0 aliphatic heterocycles. The maximum atomic E-state index is 6.00. The van der Waals surface area contributed by atoms with Gasteiger partial charge in [-0.05, 0) is 11.4 Å². The molecule has 0 bridgehead atoms. The van der Waals surface area contributed by atoms with Gasteiger partial charge in [-0.25, -0.2) is 10.4 Å². The molecule has 0 spiro atoms. The summed E-state index contributed by atoms with van der Waals surface area (Å²) in [6.45, 7) is 0. The first-order valence-corrected chi connectivity index (χ1v) is 5.27. The number of thiophene rings is 1. The first-order chi connectivity index (χ1) is 6.83. The van der Waals surface area contributed by atoms with Gasteiger partial charge in [-0.2, -0.15) is 0 Å². The van der Waals surface area contributed by atoms with Crippen LogP contribution in [0.5, 0.6) is 0 Å². The SMILES string of the molecule is NNC(c1ncc[nH]1)c1sccc1Cl. The van der Waals surface area contributed by atoms with Gasteiger partial charge in [0.15, 0.2) is 0 Å². The zero-order chi connectivity index (χ0) is 9.97. The van der Waals surface area contributed by atoms with E-state index in [-0.39, 0.29) is 6.04 Å². The number of aromatic nitrogens is 2. The summed E-state index contributed by atoms with van der Waals surface area (Å²) in [5.74, 6) is 6.22. The predicted octanol–water partition coefficient (Wildman–Crippen LogP) is 1.68. The van der Waals surface area contributed by atoms with E-state index in [2.05, 4.69) is 15.4 Å². The van der Waals surface area contributed by atoms with E-state index < -0.39 is 0 Å². The maximum Gasteiger partial charge on any atom is 0.130 e. The van der Waals surface area contributed by atoms with Gasteiger partial charge in [0.25, 0.3) is 0 Å². The summed E-state index contributed by atoms with van der Waals surface area (Å²) < 4.78 is 0. The molecule has 4 nitrogen and oxygen atoms in total. The second kappa shape index (κ2) is 4.10. The summed E-state index contributed by atoms with van der Waals surface area (Å²) in [5.41, 5.74) is 2.68. The third-order valence-corrected chi connectivity index (χ3v) is 3.29. The van der Waals surface area contributed by atoms with Crippen molar-refractivity contribution in [3.8, 4) is 0 Å². The summed E-state index contributed by atoms with van der Waals surface area (Å²) >= 11 is 7.55. The highest BCUT2D eigenvalue weighted by molar-refractivity contribution is 7.10. The molecule has 0 radical (unpaired) electrons. The number of hydrogen-bond acceptors (Lipinski definition) is 4. The van der Waals surface area contributed by atoms with Crippen LogP contribution in [0, 0.1) is 0 Å². The summed E-state index contributed by atoms with van der Waals surface area (Å²) in [6, 6.07) is 1.67. The molecule has 0 aliphatic carbocycles. The smallest absolute Gasteiger partial charge is 0.130 e. The van der Waals surface area contributed by atoms with Gasteiger partial charge in [-0.1, -0.05) is 11.6 Å². The Labute approximate surface area is 90.1 Å². The Balaban J connectivity index is 2.36. The van der Waals surface area contributed by atoms with Crippen LogP contribution in [0.25, 0.3) is 0 Å². The summed E-state index contributed by atoms with van der Waals surface area (Å²) in [6.07, 6.45) is 3.43. The molecule has 2 aromatic rings. The van der Waals surface area contributed by atoms with Gasteiger partial charge in [0, 0.05) is 17.3 Å². The number of rotatable bonds is 3. The fourth-order valence-corrected chi connectivity index (χ4v) is 2.45. The summed E-state index contributed by atoms with van der Waals surface area (Å²) in [5, 5.41) is 2.62. The van der Waals surface area contributed by atoms with Crippen LogP contribution in [0.2, 0.25) is 5.02 Å². The average molecular weight is 229 g/mol. The van der Waals surface area contributed by atoms with Gasteiger partial charge >= 0.3 is 0 Å². The van der Waals surface area contributed by atoms with E-state index in [0.29, 0.717) is 5.02 Å². The molecule has 0 amide bonds. The Bertz CT molecular complexity index is 397. The summed E-state index contributed by atoms with van der Waals surface area (Å²) in [4.78, 5) is 8.09. The van der Waals surface area contributed by atoms with Crippen LogP contribution in [-0.4, -0.2) is 9.97 Å². The zero-order valence-electron chi connectivity index (χ0n) is 7.20. The molecule has 1 atom stereocenters. The van der Waals surface area contributed by atoms with E-state index in [1.807, 2.05) is 11.4 Å². The molecular weight excluding hydrogens is 220 g/mol. The Hall–Kier alpha value is -0.880. The number of nitrogens with one attached hydrogen (secondary N) is 2. The minimum Gasteiger partial charge on any atom is -0.347 e. The van der Waals surface area contributed by atoms with E-state index in [0.717, 1.165) is 10.7 Å². The van der Waals surface area contributed by atoms with Crippen molar-refractivity contribution in [2.75, 3.05) is 0 Å². The van der Waals surface area contributed by atoms with Crippen LogP contribution < -0.4 is 11.3 Å². The van der Waals surface area contributed by atoms with Crippen LogP contribution >= 0.6 is 22.9 Å². The number of nitrogens with two attached hydrogens (primary N) is 1. The van der Waals surface area contributed by atoms with Crippen molar-refractivity contribution >= 4 is 22.9 Å². The minimum atomic E-state index is -0.169. The van der Waals surface area contributed by atoms with Crippen LogP contribution in [0.3, 0.4) is 0 Å². The predicted molar refractivity (Wildman–Crippen MR) is 57.1 cm³/mol. The molecule has 0 saturated carbocycles. The number of nitrogens with zero attached hydrogens (tertiary/aromatic N) is 1. The number of hydrogen-bond donors (Lipinski definition) is 3. The second-order valence-electron chi connectivity index (χ2n) is 2.71. The topological polar surface area (TPSA) is 66.7 Å². The Kier molecular flexibility index (Phi) is 2.83. The quantitative estimate of drug-likeness (QED) is 0.553. The maximum absolute atomic E-state index is 6.00. The molecule has 2 heterocycles. The van der Waals surface area contributed by atoms with Gasteiger partial charge in [0.05, 0.1) is 5.02 Å². The number of halogens is 1. The minimum absolute atomic E-state index is 0.169. The van der Waals surface area contributed by atoms with Gasteiger partial charge in [0.2, 0.25) is 0 Å². The first kappa shape index (κ1) is 9.67. The van der Waals surface area contributed by atoms with Crippen molar-refractivity contribution in [2.45, 2.75) is 6.04 Å². The average Bonchev–Trinajstić information content (AvgIpc) is 2.80. The molecule has 0 aliphatic rings. The molecule has 14 heavy (non-hydrogen) atoms. The van der Waals surface area contributed by atoms with Crippen LogP contribution in [0.1, 0.15) is 16.7 Å². The van der Waals surface area contributed by atoms with E-state index in [9.17, 15) is 0 Å². The van der Waals surface area contributed by atoms with E-state index in [4.69, 9.17) is 17.4 Å². The fraction of sp³-hybridized carbons (Fsp3) is 0.125. The number of hydrazine groups is 1. The molecule has 0 fully saturated rings. The molecular formula is C8H9ClN4S. The van der Waals surface area contributed by atoms with Crippen LogP contribution in [0.15, 0.2) is 23.8 Å². The molecule has 2 rings (SSSR count). The zero-order valence-corrected chi connectivity index (χ0v) is 8.77. The fourth-order valence-electron chi connectivity index (χ4n) is 1.23. The highest BCUT2D eigenvalue weighted by Crippen LogP contribution is 2.30. The molecule has 2 aromatic heterocycles. The normalized spacial score (nSPS) is 13.0. The Morgan fingerprint density at radius 1 is 1.64 bits per heavy atom. The Morgan fingerprint density at radius 3 is 3.00 bits per heavy atom. The van der Waals surface area contributed by atoms with Gasteiger partial charge in [-0.3, -0.25) is 5.84 Å². The summed E-state index contributed by atoms with van der Waals surface area (Å²) in [7, 11) is 0. The van der Waals surface area contributed by atoms with Crippen LogP contribution in [-0.2, 0) is 0 Å². The van der Waals surface area contributed by atoms with Crippen molar-refractivity contribution in [1.29, 1.82) is 0 Å². The first-order valence-electron chi connectivity index (χ1n) is 4.01. The van der Waals surface area contributed by atoms with E-state index in [1.54, 1.807) is 23.7 Å². The third kappa shape index (κ3) is 1.67. The highest BCUT2D eigenvalue weighted by atomic mass is 35.5. The van der Waals surface area contributed by atoms with Gasteiger partial charge in [-0.15, -0.1) is 11.3 Å². The van der Waals surface area contributed by atoms with Crippen molar-refractivity contribution in [3.05, 3.63) is 39.6 Å². The molecule has 6 heteroatoms. The molecule has 4 N–H and O–H groups in total. The monoisotopic (exact) mass is 228 g/mol. The molecule has 1 unspecified atom stereocenters. The van der Waals surface area contributed by atoms with E-state index >= 15 is 0 Å². The number of H-pyrrole nitrogens is 1. The lowest BCUT2D eigenvalue weighted by molar-refractivity contribution is 0.617. The van der Waals surface area contributed by atoms with Crippen LogP contribution in [0.4, 0.5) is 0 Å². The second-order valence-corrected chi connectivity index (χ2v) is 4.06. The van der Waals surface area contributed by atoms with Crippen molar-refractivity contribution in [3.63, 3.8) is 0 Å². The lowest BCUT2D eigenvalue weighted by Crippen LogP contribution is -2.29. The lowest BCUT2D eigenvalue weighted by Gasteiger charge is -2.11. The van der Waals surface area contributed by atoms with Crippen molar-refractivity contribution < 1.29 is 0 Å². The number of aromatic amines is 1. The van der Waals surface area contributed by atoms with Crippen molar-refractivity contribution in [1.82, 2.24) is 15.4 Å². The van der Waals surface area contributed by atoms with E-state index in [1.165, 1.54) is 0 Å². The molecule has 0 aromatic carbocycles. The number of imidazole rings is 1. The van der Waals surface area contributed by atoms with Gasteiger partial charge < -0.3 is 4.98 Å². The standard InChI is InChI=1S/C8H9ClN4S/c9-5-1-4-14-7(5)6(13-10)8-11-2-3-12-8/h1-4,6,13H,10H2,(H,11,12). The molecule has 0 saturated heterocycles. The van der Waals surface area contributed by atoms with Gasteiger partial charge in [0.1, 0.15) is 11.9 Å².